The maximum Gasteiger partial charge on any atom is 0.303 e. The van der Waals surface area contributed by atoms with Crippen LogP contribution in [0.15, 0.2) is 30.3 Å². The average Bonchev–Trinajstić information content (AvgIpc) is 2.72. The molecule has 1 aromatic carbocycles. The zero-order valence-corrected chi connectivity index (χ0v) is 20.4. The van der Waals surface area contributed by atoms with Crippen molar-refractivity contribution in [2.75, 3.05) is 17.6 Å². The van der Waals surface area contributed by atoms with Gasteiger partial charge in [0.05, 0.1) is 17.6 Å². The molecule has 0 aliphatic rings. The monoisotopic (exact) mass is 495 g/mol. The lowest BCUT2D eigenvalue weighted by Gasteiger charge is -2.21. The predicted molar refractivity (Wildman–Crippen MR) is 127 cm³/mol. The number of hydrogen-bond donors (Lipinski definition) is 3. The number of nitrogens with zero attached hydrogens (tertiary/aromatic N) is 3. The van der Waals surface area contributed by atoms with Crippen molar-refractivity contribution in [2.24, 2.45) is 0 Å². The van der Waals surface area contributed by atoms with Crippen LogP contribution in [-0.2, 0) is 14.8 Å². The van der Waals surface area contributed by atoms with Gasteiger partial charge in [0.15, 0.2) is 5.79 Å². The Bertz CT molecular complexity index is 1150. The Morgan fingerprint density at radius 2 is 1.82 bits per heavy atom. The van der Waals surface area contributed by atoms with Crippen LogP contribution in [0.2, 0.25) is 0 Å². The van der Waals surface area contributed by atoms with Gasteiger partial charge in [0.2, 0.25) is 16.0 Å². The Balaban J connectivity index is 2.55. The van der Waals surface area contributed by atoms with Gasteiger partial charge in [-0.25, -0.2) is 27.1 Å². The van der Waals surface area contributed by atoms with Crippen LogP contribution in [0.3, 0.4) is 0 Å². The number of aliphatic carboxylic acids is 1. The molecule has 11 heteroatoms. The second-order valence-corrected chi connectivity index (χ2v) is 10.4. The van der Waals surface area contributed by atoms with Crippen LogP contribution in [0.25, 0.3) is 17.3 Å². The fraction of sp³-hybridized carbons (Fsp3) is 0.435. The fourth-order valence-corrected chi connectivity index (χ4v) is 3.56. The van der Waals surface area contributed by atoms with Crippen LogP contribution >= 0.6 is 0 Å². The molecule has 2 rings (SSSR count). The van der Waals surface area contributed by atoms with E-state index in [0.717, 1.165) is 10.6 Å². The fourth-order valence-electron chi connectivity index (χ4n) is 3.19. The molecule has 0 amide bonds. The minimum atomic E-state index is -3.65. The first-order valence-electron chi connectivity index (χ1n) is 10.7. The van der Waals surface area contributed by atoms with E-state index in [2.05, 4.69) is 9.97 Å². The van der Waals surface area contributed by atoms with Crippen LogP contribution in [0, 0.1) is 5.82 Å². The molecule has 34 heavy (non-hydrogen) atoms. The first kappa shape index (κ1) is 27.4. The number of rotatable bonds is 11. The summed E-state index contributed by atoms with van der Waals surface area (Å²) in [6.07, 6.45) is 3.77. The van der Waals surface area contributed by atoms with Crippen LogP contribution in [0.5, 0.6) is 0 Å². The number of carboxylic acid groups (broad SMARTS) is 1. The van der Waals surface area contributed by atoms with E-state index in [-0.39, 0.29) is 37.5 Å². The van der Waals surface area contributed by atoms with Gasteiger partial charge >= 0.3 is 5.97 Å². The van der Waals surface area contributed by atoms with Gasteiger partial charge < -0.3 is 15.3 Å². The highest BCUT2D eigenvalue weighted by Crippen LogP contribution is 2.32. The molecule has 3 N–H and O–H groups in total. The molecule has 0 bridgehead atoms. The van der Waals surface area contributed by atoms with Crippen LogP contribution in [-0.4, -0.2) is 58.8 Å². The lowest BCUT2D eigenvalue weighted by Crippen LogP contribution is -2.28. The van der Waals surface area contributed by atoms with Gasteiger partial charge in [-0.2, -0.15) is 0 Å². The maximum absolute atomic E-state index is 13.5. The highest BCUT2D eigenvalue weighted by atomic mass is 32.2. The Morgan fingerprint density at radius 3 is 2.35 bits per heavy atom. The third-order valence-corrected chi connectivity index (χ3v) is 6.26. The Hall–Kier alpha value is -2.89. The van der Waals surface area contributed by atoms with Crippen molar-refractivity contribution in [1.82, 2.24) is 9.97 Å². The molecule has 0 aliphatic carbocycles. The summed E-state index contributed by atoms with van der Waals surface area (Å²) in [6, 6.07) is 5.54. The molecule has 0 saturated carbocycles. The number of halogens is 1. The Kier molecular flexibility index (Phi) is 8.87. The van der Waals surface area contributed by atoms with Gasteiger partial charge in [0.25, 0.3) is 0 Å². The van der Waals surface area contributed by atoms with Crippen LogP contribution < -0.4 is 4.31 Å². The van der Waals surface area contributed by atoms with Crippen molar-refractivity contribution in [3.8, 4) is 11.3 Å². The smallest absolute Gasteiger partial charge is 0.303 e. The van der Waals surface area contributed by atoms with Gasteiger partial charge in [0.1, 0.15) is 5.82 Å². The van der Waals surface area contributed by atoms with Crippen molar-refractivity contribution in [3.05, 3.63) is 47.4 Å². The number of carbonyl (C=O) groups is 1. The highest BCUT2D eigenvalue weighted by Gasteiger charge is 2.24. The molecule has 0 atom stereocenters. The maximum atomic E-state index is 13.5. The molecule has 0 radical (unpaired) electrons. The molecule has 0 spiro atoms. The lowest BCUT2D eigenvalue weighted by atomic mass is 9.97. The second-order valence-electron chi connectivity index (χ2n) is 8.40. The van der Waals surface area contributed by atoms with E-state index < -0.39 is 27.6 Å². The summed E-state index contributed by atoms with van der Waals surface area (Å²) in [4.78, 5) is 19.5. The highest BCUT2D eigenvalue weighted by molar-refractivity contribution is 7.92. The number of aliphatic hydroxyl groups is 2. The minimum absolute atomic E-state index is 0.0463. The SMILES string of the molecule is CC(C)c1nc(N(C)S(C)(=O)=O)nc(-c2ccc(F)cc2)c1/C=C/CC(O)(O)CCCC(=O)O. The van der Waals surface area contributed by atoms with Crippen molar-refractivity contribution in [3.63, 3.8) is 0 Å². The normalized spacial score (nSPS) is 12.5. The molecule has 1 heterocycles. The van der Waals surface area contributed by atoms with Gasteiger partial charge in [-0.05, 0) is 36.6 Å². The van der Waals surface area contributed by atoms with Crippen LogP contribution in [0.1, 0.15) is 56.7 Å². The Labute approximate surface area is 198 Å². The standard InChI is InChI=1S/C23H30FN3O6S/c1-15(2)20-18(7-5-13-23(30,31)14-6-8-19(28)29)21(16-9-11-17(24)12-10-16)26-22(25-20)27(3)34(4,32)33/h5,7,9-12,15,30-31H,6,8,13-14H2,1-4H3,(H,28,29)/b7-5+. The van der Waals surface area contributed by atoms with Crippen molar-refractivity contribution in [2.45, 2.75) is 51.2 Å². The topological polar surface area (TPSA) is 141 Å². The predicted octanol–water partition coefficient (Wildman–Crippen LogP) is 3.14. The third kappa shape index (κ3) is 7.57. The average molecular weight is 496 g/mol. The summed E-state index contributed by atoms with van der Waals surface area (Å²) in [5.74, 6) is -3.77. The molecular weight excluding hydrogens is 465 g/mol. The summed E-state index contributed by atoms with van der Waals surface area (Å²) < 4.78 is 38.7. The molecule has 0 fully saturated rings. The van der Waals surface area contributed by atoms with E-state index in [1.54, 1.807) is 6.08 Å². The number of benzene rings is 1. The molecule has 186 valence electrons. The zero-order valence-electron chi connectivity index (χ0n) is 19.6. The molecule has 0 unspecified atom stereocenters. The Morgan fingerprint density at radius 1 is 1.21 bits per heavy atom. The van der Waals surface area contributed by atoms with Gasteiger partial charge in [0, 0.05) is 37.4 Å². The molecular formula is C23H30FN3O6S. The quantitative estimate of drug-likeness (QED) is 0.404. The number of anilines is 1. The van der Waals surface area contributed by atoms with Gasteiger partial charge in [-0.1, -0.05) is 26.0 Å². The summed E-state index contributed by atoms with van der Waals surface area (Å²) >= 11 is 0. The van der Waals surface area contributed by atoms with Gasteiger partial charge in [-0.3, -0.25) is 4.79 Å². The van der Waals surface area contributed by atoms with Crippen LogP contribution in [0.4, 0.5) is 10.3 Å². The van der Waals surface area contributed by atoms with E-state index in [9.17, 15) is 27.8 Å². The second kappa shape index (κ2) is 11.0. The van der Waals surface area contributed by atoms with Gasteiger partial charge in [-0.15, -0.1) is 0 Å². The van der Waals surface area contributed by atoms with E-state index in [1.807, 2.05) is 13.8 Å². The summed E-state index contributed by atoms with van der Waals surface area (Å²) in [5, 5.41) is 29.1. The molecule has 2 aromatic rings. The molecule has 0 aliphatic heterocycles. The largest absolute Gasteiger partial charge is 0.481 e. The number of hydrogen-bond acceptors (Lipinski definition) is 7. The summed E-state index contributed by atoms with van der Waals surface area (Å²) in [7, 11) is -2.31. The first-order valence-corrected chi connectivity index (χ1v) is 12.5. The van der Waals surface area contributed by atoms with Crippen molar-refractivity contribution in [1.29, 1.82) is 0 Å². The van der Waals surface area contributed by atoms with E-state index >= 15 is 0 Å². The number of sulfonamides is 1. The summed E-state index contributed by atoms with van der Waals surface area (Å²) in [5.41, 5.74) is 1.92. The van der Waals surface area contributed by atoms with E-state index in [4.69, 9.17) is 5.11 Å². The van der Waals surface area contributed by atoms with Crippen molar-refractivity contribution >= 4 is 28.0 Å². The third-order valence-electron chi connectivity index (χ3n) is 5.10. The lowest BCUT2D eigenvalue weighted by molar-refractivity contribution is -0.163. The summed E-state index contributed by atoms with van der Waals surface area (Å²) in [6.45, 7) is 3.74. The van der Waals surface area contributed by atoms with E-state index in [0.29, 0.717) is 22.5 Å². The van der Waals surface area contributed by atoms with Crippen molar-refractivity contribution < 1.29 is 32.9 Å². The molecule has 1 aromatic heterocycles. The molecule has 0 saturated heterocycles. The zero-order chi connectivity index (χ0) is 25.7. The number of carboxylic acids is 1. The minimum Gasteiger partial charge on any atom is -0.481 e. The van der Waals surface area contributed by atoms with E-state index in [1.165, 1.54) is 37.4 Å². The molecule has 9 nitrogen and oxygen atoms in total. The number of aromatic nitrogens is 2. The first-order chi connectivity index (χ1) is 15.7.